The molecule has 1 rings (SSSR count). The highest BCUT2D eigenvalue weighted by atomic mass is 32.2. The molecule has 0 heterocycles. The number of hydrogen-bond donors (Lipinski definition) is 0. The molecule has 0 saturated carbocycles. The van der Waals surface area contributed by atoms with Crippen molar-refractivity contribution in [2.24, 2.45) is 0 Å². The van der Waals surface area contributed by atoms with Gasteiger partial charge in [0.05, 0.1) is 0 Å². The zero-order valence-corrected chi connectivity index (χ0v) is 6.02. The molecule has 0 aromatic heterocycles. The molecule has 1 aliphatic carbocycles. The number of carbonyl (C=O) groups is 1. The Morgan fingerprint density at radius 2 is 2.10 bits per heavy atom. The molecule has 54 valence electrons. The van der Waals surface area contributed by atoms with Crippen molar-refractivity contribution in [3.8, 4) is 0 Å². The molecule has 0 saturated heterocycles. The predicted octanol–water partition coefficient (Wildman–Crippen LogP) is -0.0430. The zero-order valence-electron chi connectivity index (χ0n) is 5.20. The molecule has 0 radical (unpaired) electrons. The van der Waals surface area contributed by atoms with Crippen molar-refractivity contribution < 1.29 is 13.2 Å². The molecule has 10 heavy (non-hydrogen) atoms. The lowest BCUT2D eigenvalue weighted by Crippen LogP contribution is -2.14. The van der Waals surface area contributed by atoms with E-state index in [1.807, 2.05) is 0 Å². The fraction of sp³-hybridized carbons (Fsp3) is 0.333. The molecule has 0 aromatic carbocycles. The Hall–Kier alpha value is -0.900. The van der Waals surface area contributed by atoms with Crippen molar-refractivity contribution in [1.82, 2.24) is 0 Å². The SMILES string of the molecule is O=C1C=CCCC1=S(=O)=O. The van der Waals surface area contributed by atoms with Crippen molar-refractivity contribution in [3.05, 3.63) is 12.2 Å². The number of hydrogen-bond acceptors (Lipinski definition) is 3. The van der Waals surface area contributed by atoms with Gasteiger partial charge in [-0.2, -0.15) is 8.42 Å². The van der Waals surface area contributed by atoms with E-state index in [0.717, 1.165) is 0 Å². The molecule has 0 amide bonds. The highest BCUT2D eigenvalue weighted by Gasteiger charge is 2.12. The van der Waals surface area contributed by atoms with Crippen LogP contribution in [-0.4, -0.2) is 19.1 Å². The predicted molar refractivity (Wildman–Crippen MR) is 37.3 cm³/mol. The summed E-state index contributed by atoms with van der Waals surface area (Å²) in [5, 5.41) is 0. The highest BCUT2D eigenvalue weighted by Crippen LogP contribution is 2.02. The van der Waals surface area contributed by atoms with Crippen LogP contribution in [0.15, 0.2) is 12.2 Å². The quantitative estimate of drug-likeness (QED) is 0.465. The van der Waals surface area contributed by atoms with Crippen LogP contribution in [0.4, 0.5) is 0 Å². The van der Waals surface area contributed by atoms with E-state index in [9.17, 15) is 13.2 Å². The summed E-state index contributed by atoms with van der Waals surface area (Å²) in [6.07, 6.45) is 3.98. The molecule has 0 aliphatic heterocycles. The summed E-state index contributed by atoms with van der Waals surface area (Å²) in [5.74, 6) is -0.375. The van der Waals surface area contributed by atoms with Crippen LogP contribution in [0.1, 0.15) is 12.8 Å². The average Bonchev–Trinajstić information content (AvgIpc) is 1.88. The monoisotopic (exact) mass is 158 g/mol. The van der Waals surface area contributed by atoms with Gasteiger partial charge < -0.3 is 0 Å². The van der Waals surface area contributed by atoms with Crippen molar-refractivity contribution in [2.75, 3.05) is 0 Å². The Bertz CT molecular complexity index is 300. The lowest BCUT2D eigenvalue weighted by atomic mass is 10.1. The maximum Gasteiger partial charge on any atom is 0.221 e. The Kier molecular flexibility index (Phi) is 2.01. The standard InChI is InChI=1S/C6H6O3S/c7-5-3-1-2-4-6(5)10(8)9/h1,3H,2,4H2. The molecule has 3 nitrogen and oxygen atoms in total. The van der Waals surface area contributed by atoms with E-state index in [1.54, 1.807) is 6.08 Å². The minimum absolute atomic E-state index is 0.00231. The maximum absolute atomic E-state index is 10.7. The van der Waals surface area contributed by atoms with Crippen LogP contribution in [-0.2, 0) is 15.1 Å². The first-order chi connectivity index (χ1) is 4.72. The van der Waals surface area contributed by atoms with Gasteiger partial charge in [-0.1, -0.05) is 6.08 Å². The van der Waals surface area contributed by atoms with Crippen LogP contribution >= 0.6 is 0 Å². The van der Waals surface area contributed by atoms with Crippen LogP contribution in [0, 0.1) is 0 Å². The van der Waals surface area contributed by atoms with Gasteiger partial charge in [0.1, 0.15) is 4.86 Å². The number of allylic oxidation sites excluding steroid dienone is 2. The summed E-state index contributed by atoms with van der Waals surface area (Å²) >= 11 is 0. The van der Waals surface area contributed by atoms with Crippen molar-refractivity contribution in [1.29, 1.82) is 0 Å². The first-order valence-corrected chi connectivity index (χ1v) is 3.95. The second-order valence-corrected chi connectivity index (χ2v) is 2.93. The van der Waals surface area contributed by atoms with Crippen molar-refractivity contribution >= 4 is 20.9 Å². The van der Waals surface area contributed by atoms with Gasteiger partial charge in [0, 0.05) is 0 Å². The number of rotatable bonds is 0. The van der Waals surface area contributed by atoms with E-state index in [0.29, 0.717) is 12.8 Å². The molecule has 0 bridgehead atoms. The van der Waals surface area contributed by atoms with Gasteiger partial charge in [0.2, 0.25) is 10.3 Å². The van der Waals surface area contributed by atoms with Gasteiger partial charge in [0.15, 0.2) is 5.78 Å². The second kappa shape index (κ2) is 2.79. The molecule has 0 N–H and O–H groups in total. The van der Waals surface area contributed by atoms with Crippen LogP contribution in [0.3, 0.4) is 0 Å². The van der Waals surface area contributed by atoms with E-state index in [2.05, 4.69) is 0 Å². The van der Waals surface area contributed by atoms with Gasteiger partial charge in [-0.15, -0.1) is 0 Å². The minimum Gasteiger partial charge on any atom is -0.289 e. The number of carbonyl (C=O) groups excluding carboxylic acids is 1. The summed E-state index contributed by atoms with van der Waals surface area (Å²) < 4.78 is 20.5. The second-order valence-electron chi connectivity index (χ2n) is 1.96. The van der Waals surface area contributed by atoms with Crippen molar-refractivity contribution in [3.63, 3.8) is 0 Å². The first-order valence-electron chi connectivity index (χ1n) is 2.88. The molecule has 0 aromatic rings. The summed E-state index contributed by atoms with van der Waals surface area (Å²) in [6.45, 7) is 0. The fourth-order valence-electron chi connectivity index (χ4n) is 0.786. The van der Waals surface area contributed by atoms with Gasteiger partial charge in [-0.3, -0.25) is 4.79 Å². The smallest absolute Gasteiger partial charge is 0.221 e. The lowest BCUT2D eigenvalue weighted by Gasteiger charge is -1.99. The van der Waals surface area contributed by atoms with Gasteiger partial charge in [-0.05, 0) is 18.9 Å². The third-order valence-corrected chi connectivity index (χ3v) is 2.09. The molecule has 0 atom stereocenters. The molecular weight excluding hydrogens is 152 g/mol. The molecule has 1 aliphatic rings. The summed E-state index contributed by atoms with van der Waals surface area (Å²) in [6, 6.07) is 0. The summed E-state index contributed by atoms with van der Waals surface area (Å²) in [4.78, 5) is 10.7. The Morgan fingerprint density at radius 3 is 2.50 bits per heavy atom. The highest BCUT2D eigenvalue weighted by molar-refractivity contribution is 7.74. The van der Waals surface area contributed by atoms with Crippen LogP contribution in [0.2, 0.25) is 0 Å². The molecule has 0 unspecified atom stereocenters. The van der Waals surface area contributed by atoms with E-state index < -0.39 is 10.3 Å². The van der Waals surface area contributed by atoms with Gasteiger partial charge >= 0.3 is 0 Å². The topological polar surface area (TPSA) is 51.2 Å². The third-order valence-electron chi connectivity index (χ3n) is 1.28. The Balaban J connectivity index is 3.15. The Labute approximate surface area is 59.9 Å². The molecular formula is C6H6O3S. The number of ketones is 1. The molecule has 0 fully saturated rings. The Morgan fingerprint density at radius 1 is 1.40 bits per heavy atom. The average molecular weight is 158 g/mol. The first kappa shape index (κ1) is 7.21. The lowest BCUT2D eigenvalue weighted by molar-refractivity contribution is -0.108. The van der Waals surface area contributed by atoms with Crippen molar-refractivity contribution in [2.45, 2.75) is 12.8 Å². The van der Waals surface area contributed by atoms with Crippen LogP contribution in [0.5, 0.6) is 0 Å². The zero-order chi connectivity index (χ0) is 7.56. The maximum atomic E-state index is 10.7. The van der Waals surface area contributed by atoms with E-state index in [4.69, 9.17) is 0 Å². The van der Waals surface area contributed by atoms with E-state index in [-0.39, 0.29) is 10.6 Å². The molecule has 4 heteroatoms. The minimum atomic E-state index is -2.32. The fourth-order valence-corrected chi connectivity index (χ4v) is 1.30. The van der Waals surface area contributed by atoms with Crippen LogP contribution < -0.4 is 0 Å². The summed E-state index contributed by atoms with van der Waals surface area (Å²) in [7, 11) is -2.32. The van der Waals surface area contributed by atoms with E-state index >= 15 is 0 Å². The normalized spacial score (nSPS) is 17.6. The van der Waals surface area contributed by atoms with Crippen LogP contribution in [0.25, 0.3) is 0 Å². The molecule has 0 spiro atoms. The largest absolute Gasteiger partial charge is 0.289 e. The van der Waals surface area contributed by atoms with Gasteiger partial charge in [-0.25, -0.2) is 0 Å². The summed E-state index contributed by atoms with van der Waals surface area (Å²) in [5.41, 5.74) is 0. The van der Waals surface area contributed by atoms with Gasteiger partial charge in [0.25, 0.3) is 0 Å². The third kappa shape index (κ3) is 1.33. The van der Waals surface area contributed by atoms with E-state index in [1.165, 1.54) is 6.08 Å².